The van der Waals surface area contributed by atoms with E-state index in [1.165, 1.54) is 12.2 Å². The fourth-order valence-corrected chi connectivity index (χ4v) is 2.37. The zero-order chi connectivity index (χ0) is 11.9. The van der Waals surface area contributed by atoms with Gasteiger partial charge in [0.15, 0.2) is 0 Å². The Morgan fingerprint density at radius 2 is 2.12 bits per heavy atom. The molecule has 1 unspecified atom stereocenters. The predicted molar refractivity (Wildman–Crippen MR) is 67.3 cm³/mol. The van der Waals surface area contributed by atoms with E-state index >= 15 is 0 Å². The maximum atomic E-state index is 6.19. The third-order valence-corrected chi connectivity index (χ3v) is 3.21. The van der Waals surface area contributed by atoms with Crippen molar-refractivity contribution in [2.45, 2.75) is 53.5 Å². The van der Waals surface area contributed by atoms with Crippen LogP contribution < -0.4 is 5.73 Å². The first-order valence-corrected chi connectivity index (χ1v) is 6.20. The van der Waals surface area contributed by atoms with Gasteiger partial charge in [0.05, 0.1) is 5.69 Å². The lowest BCUT2D eigenvalue weighted by atomic mass is 9.90. The predicted octanol–water partition coefficient (Wildman–Crippen LogP) is 2.64. The van der Waals surface area contributed by atoms with Gasteiger partial charge >= 0.3 is 0 Å². The second-order valence-corrected chi connectivity index (χ2v) is 6.35. The van der Waals surface area contributed by atoms with E-state index in [2.05, 4.69) is 32.3 Å². The van der Waals surface area contributed by atoms with Gasteiger partial charge in [0.1, 0.15) is 11.6 Å². The van der Waals surface area contributed by atoms with Crippen LogP contribution in [0.4, 0.5) is 5.82 Å². The molecule has 0 saturated carbocycles. The van der Waals surface area contributed by atoms with Crippen molar-refractivity contribution in [3.63, 3.8) is 0 Å². The number of fused-ring (bicyclic) bond motifs is 1. The zero-order valence-corrected chi connectivity index (χ0v) is 10.9. The topological polar surface area (TPSA) is 43.8 Å². The molecule has 0 aliphatic carbocycles. The molecule has 1 aromatic heterocycles. The van der Waals surface area contributed by atoms with Crippen molar-refractivity contribution in [3.8, 4) is 0 Å². The van der Waals surface area contributed by atoms with Crippen LogP contribution in [0.25, 0.3) is 0 Å². The average Bonchev–Trinajstić information content (AvgIpc) is 2.42. The Morgan fingerprint density at radius 1 is 1.44 bits per heavy atom. The fourth-order valence-electron chi connectivity index (χ4n) is 2.37. The van der Waals surface area contributed by atoms with Crippen molar-refractivity contribution >= 4 is 5.82 Å². The van der Waals surface area contributed by atoms with Gasteiger partial charge in [0.2, 0.25) is 0 Å². The van der Waals surface area contributed by atoms with E-state index in [0.29, 0.717) is 0 Å². The molecule has 2 heterocycles. The van der Waals surface area contributed by atoms with Crippen LogP contribution in [0.15, 0.2) is 0 Å². The summed E-state index contributed by atoms with van der Waals surface area (Å²) in [6.07, 6.45) is 3.29. The maximum Gasteiger partial charge on any atom is 0.126 e. The molecule has 2 N–H and O–H groups in total. The Morgan fingerprint density at radius 3 is 2.75 bits per heavy atom. The first kappa shape index (κ1) is 11.5. The summed E-state index contributed by atoms with van der Waals surface area (Å²) in [6.45, 7) is 10.0. The highest BCUT2D eigenvalue weighted by Gasteiger charge is 2.23. The molecule has 1 aromatic rings. The van der Waals surface area contributed by atoms with Gasteiger partial charge < -0.3 is 10.3 Å². The van der Waals surface area contributed by atoms with E-state index in [1.54, 1.807) is 0 Å². The molecule has 0 fully saturated rings. The molecule has 3 nitrogen and oxygen atoms in total. The molecule has 2 rings (SSSR count). The SMILES string of the molecule is CC1CCc2nc(CC(C)(C)C)c(N)n2C1. The van der Waals surface area contributed by atoms with Crippen LogP contribution in [0.1, 0.15) is 45.6 Å². The summed E-state index contributed by atoms with van der Waals surface area (Å²) in [5, 5.41) is 0. The molecule has 0 aromatic carbocycles. The van der Waals surface area contributed by atoms with Crippen LogP contribution in [0.5, 0.6) is 0 Å². The lowest BCUT2D eigenvalue weighted by Crippen LogP contribution is -2.19. The van der Waals surface area contributed by atoms with E-state index in [0.717, 1.165) is 36.8 Å². The smallest absolute Gasteiger partial charge is 0.126 e. The number of hydrogen-bond donors (Lipinski definition) is 1. The van der Waals surface area contributed by atoms with Gasteiger partial charge in [-0.3, -0.25) is 0 Å². The van der Waals surface area contributed by atoms with Gasteiger partial charge in [-0.25, -0.2) is 4.98 Å². The highest BCUT2D eigenvalue weighted by molar-refractivity contribution is 5.39. The van der Waals surface area contributed by atoms with E-state index in [4.69, 9.17) is 10.7 Å². The second kappa shape index (κ2) is 3.79. The minimum atomic E-state index is 0.254. The molecule has 0 saturated heterocycles. The number of imidazole rings is 1. The quantitative estimate of drug-likeness (QED) is 0.792. The minimum absolute atomic E-state index is 0.254. The molecule has 3 heteroatoms. The molecular formula is C13H23N3. The van der Waals surface area contributed by atoms with Gasteiger partial charge in [-0.15, -0.1) is 0 Å². The maximum absolute atomic E-state index is 6.19. The van der Waals surface area contributed by atoms with Gasteiger partial charge in [-0.1, -0.05) is 27.7 Å². The van der Waals surface area contributed by atoms with Crippen LogP contribution in [0, 0.1) is 11.3 Å². The highest BCUT2D eigenvalue weighted by atomic mass is 15.1. The Balaban J connectivity index is 2.29. The molecule has 1 atom stereocenters. The van der Waals surface area contributed by atoms with Crippen molar-refractivity contribution in [3.05, 3.63) is 11.5 Å². The molecule has 1 aliphatic rings. The van der Waals surface area contributed by atoms with Crippen LogP contribution in [-0.2, 0) is 19.4 Å². The van der Waals surface area contributed by atoms with Crippen LogP contribution >= 0.6 is 0 Å². The molecule has 0 bridgehead atoms. The number of aromatic nitrogens is 2. The standard InChI is InChI=1S/C13H23N3/c1-9-5-6-11-15-10(7-13(2,3)4)12(14)16(11)8-9/h9H,5-8,14H2,1-4H3. The minimum Gasteiger partial charge on any atom is -0.384 e. The fraction of sp³-hybridized carbons (Fsp3) is 0.769. The monoisotopic (exact) mass is 221 g/mol. The number of nitrogen functional groups attached to an aromatic ring is 1. The second-order valence-electron chi connectivity index (χ2n) is 6.35. The van der Waals surface area contributed by atoms with Crippen LogP contribution in [0.3, 0.4) is 0 Å². The highest BCUT2D eigenvalue weighted by Crippen LogP contribution is 2.28. The molecule has 1 aliphatic heterocycles. The third-order valence-electron chi connectivity index (χ3n) is 3.21. The van der Waals surface area contributed by atoms with Crippen molar-refractivity contribution in [1.29, 1.82) is 0 Å². The van der Waals surface area contributed by atoms with Crippen LogP contribution in [-0.4, -0.2) is 9.55 Å². The number of nitrogens with two attached hydrogens (primary N) is 1. The first-order valence-electron chi connectivity index (χ1n) is 6.20. The van der Waals surface area contributed by atoms with E-state index in [9.17, 15) is 0 Å². The first-order chi connectivity index (χ1) is 7.37. The normalized spacial score (nSPS) is 20.9. The molecule has 0 spiro atoms. The van der Waals surface area contributed by atoms with E-state index < -0.39 is 0 Å². The molecule has 90 valence electrons. The number of nitrogens with zero attached hydrogens (tertiary/aromatic N) is 2. The molecule has 0 radical (unpaired) electrons. The van der Waals surface area contributed by atoms with Crippen molar-refractivity contribution in [2.24, 2.45) is 11.3 Å². The lowest BCUT2D eigenvalue weighted by Gasteiger charge is -2.21. The Bertz CT molecular complexity index is 385. The lowest BCUT2D eigenvalue weighted by molar-refractivity contribution is 0.397. The Kier molecular flexibility index (Phi) is 2.72. The summed E-state index contributed by atoms with van der Waals surface area (Å²) in [6, 6.07) is 0. The van der Waals surface area contributed by atoms with Gasteiger partial charge in [-0.05, 0) is 24.2 Å². The number of anilines is 1. The summed E-state index contributed by atoms with van der Waals surface area (Å²) in [7, 11) is 0. The third kappa shape index (κ3) is 2.23. The zero-order valence-electron chi connectivity index (χ0n) is 10.9. The van der Waals surface area contributed by atoms with Crippen molar-refractivity contribution in [1.82, 2.24) is 9.55 Å². The van der Waals surface area contributed by atoms with E-state index in [-0.39, 0.29) is 5.41 Å². The van der Waals surface area contributed by atoms with Crippen molar-refractivity contribution < 1.29 is 0 Å². The van der Waals surface area contributed by atoms with Crippen LogP contribution in [0.2, 0.25) is 0 Å². The van der Waals surface area contributed by atoms with Gasteiger partial charge in [0.25, 0.3) is 0 Å². The Hall–Kier alpha value is -0.990. The number of rotatable bonds is 1. The largest absolute Gasteiger partial charge is 0.384 e. The number of aryl methyl sites for hydroxylation is 1. The molecule has 16 heavy (non-hydrogen) atoms. The average molecular weight is 221 g/mol. The van der Waals surface area contributed by atoms with Gasteiger partial charge in [-0.2, -0.15) is 0 Å². The van der Waals surface area contributed by atoms with Crippen molar-refractivity contribution in [2.75, 3.05) is 5.73 Å². The van der Waals surface area contributed by atoms with Gasteiger partial charge in [0, 0.05) is 13.0 Å². The summed E-state index contributed by atoms with van der Waals surface area (Å²) in [4.78, 5) is 4.71. The molecular weight excluding hydrogens is 198 g/mol. The summed E-state index contributed by atoms with van der Waals surface area (Å²) in [5.74, 6) is 2.82. The summed E-state index contributed by atoms with van der Waals surface area (Å²) < 4.78 is 2.22. The molecule has 0 amide bonds. The summed E-state index contributed by atoms with van der Waals surface area (Å²) in [5.41, 5.74) is 7.54. The Labute approximate surface area is 98.1 Å². The number of hydrogen-bond acceptors (Lipinski definition) is 2. The van der Waals surface area contributed by atoms with E-state index in [1.807, 2.05) is 0 Å². The summed E-state index contributed by atoms with van der Waals surface area (Å²) >= 11 is 0.